The van der Waals surface area contributed by atoms with Gasteiger partial charge in [-0.15, -0.1) is 24.0 Å². The number of hydrogen-bond donors (Lipinski definition) is 2. The molecule has 28 heavy (non-hydrogen) atoms. The monoisotopic (exact) mass is 493 g/mol. The number of nitrogens with one attached hydrogen (secondary N) is 2. The lowest BCUT2D eigenvalue weighted by molar-refractivity contribution is 0.0954. The van der Waals surface area contributed by atoms with Crippen LogP contribution < -0.4 is 10.6 Å². The molecular weight excluding hydrogens is 465 g/mol. The van der Waals surface area contributed by atoms with Gasteiger partial charge in [-0.25, -0.2) is 0 Å². The van der Waals surface area contributed by atoms with Gasteiger partial charge in [0.1, 0.15) is 0 Å². The fourth-order valence-electron chi connectivity index (χ4n) is 3.42. The van der Waals surface area contributed by atoms with Gasteiger partial charge in [-0.2, -0.15) is 0 Å². The van der Waals surface area contributed by atoms with E-state index in [0.717, 1.165) is 25.5 Å². The van der Waals surface area contributed by atoms with E-state index in [1.807, 2.05) is 0 Å². The van der Waals surface area contributed by atoms with Gasteiger partial charge in [0.2, 0.25) is 0 Å². The zero-order chi connectivity index (χ0) is 18.9. The fraction of sp³-hybridized carbons (Fsp3) is 0.381. The van der Waals surface area contributed by atoms with E-state index in [4.69, 9.17) is 0 Å². The largest absolute Gasteiger partial charge is 0.354 e. The topological polar surface area (TPSA) is 69.6 Å². The molecule has 0 saturated carbocycles. The number of carbonyl (C=O) groups is 1. The third kappa shape index (κ3) is 6.47. The maximum atomic E-state index is 12.0. The molecule has 1 aliphatic heterocycles. The minimum absolute atomic E-state index is 0. The Kier molecular flexibility index (Phi) is 9.19. The SMILES string of the molecule is CN=C(NCCNC(=O)c1cccnc1)N1CCC(Cc2ccccc2)C1.I. The zero-order valence-corrected chi connectivity index (χ0v) is 18.5. The molecule has 2 aromatic rings. The van der Waals surface area contributed by atoms with Crippen molar-refractivity contribution in [2.75, 3.05) is 33.2 Å². The number of likely N-dealkylation sites (tertiary alicyclic amines) is 1. The lowest BCUT2D eigenvalue weighted by Gasteiger charge is -2.22. The Morgan fingerprint density at radius 3 is 2.68 bits per heavy atom. The first-order chi connectivity index (χ1) is 13.3. The second-order valence-electron chi connectivity index (χ2n) is 6.76. The summed E-state index contributed by atoms with van der Waals surface area (Å²) >= 11 is 0. The van der Waals surface area contributed by atoms with Crippen LogP contribution in [-0.2, 0) is 6.42 Å². The fourth-order valence-corrected chi connectivity index (χ4v) is 3.42. The number of hydrogen-bond acceptors (Lipinski definition) is 3. The maximum Gasteiger partial charge on any atom is 0.252 e. The second-order valence-corrected chi connectivity index (χ2v) is 6.76. The van der Waals surface area contributed by atoms with Crippen LogP contribution in [0, 0.1) is 5.92 Å². The maximum absolute atomic E-state index is 12.0. The highest BCUT2D eigenvalue weighted by Crippen LogP contribution is 2.20. The van der Waals surface area contributed by atoms with E-state index in [9.17, 15) is 4.79 Å². The predicted molar refractivity (Wildman–Crippen MR) is 123 cm³/mol. The van der Waals surface area contributed by atoms with Crippen molar-refractivity contribution in [3.05, 3.63) is 66.0 Å². The number of carbonyl (C=O) groups excluding carboxylic acids is 1. The van der Waals surface area contributed by atoms with Gasteiger partial charge in [0, 0.05) is 45.6 Å². The summed E-state index contributed by atoms with van der Waals surface area (Å²) in [5.74, 6) is 1.45. The molecule has 6 nitrogen and oxygen atoms in total. The molecule has 0 radical (unpaired) electrons. The van der Waals surface area contributed by atoms with Crippen LogP contribution >= 0.6 is 24.0 Å². The minimum Gasteiger partial charge on any atom is -0.354 e. The number of aromatic nitrogens is 1. The molecule has 1 atom stereocenters. The van der Waals surface area contributed by atoms with E-state index in [1.165, 1.54) is 12.0 Å². The van der Waals surface area contributed by atoms with Crippen LogP contribution in [0.3, 0.4) is 0 Å². The third-order valence-corrected chi connectivity index (χ3v) is 4.78. The van der Waals surface area contributed by atoms with E-state index in [1.54, 1.807) is 31.6 Å². The van der Waals surface area contributed by atoms with Crippen LogP contribution in [-0.4, -0.2) is 55.0 Å². The quantitative estimate of drug-likeness (QED) is 0.281. The van der Waals surface area contributed by atoms with Crippen molar-refractivity contribution in [3.63, 3.8) is 0 Å². The summed E-state index contributed by atoms with van der Waals surface area (Å²) in [5, 5.41) is 6.24. The molecule has 3 rings (SSSR count). The van der Waals surface area contributed by atoms with Crippen molar-refractivity contribution in [2.24, 2.45) is 10.9 Å². The van der Waals surface area contributed by atoms with Crippen LogP contribution in [0.1, 0.15) is 22.3 Å². The molecule has 1 amide bonds. The molecular formula is C21H28IN5O. The van der Waals surface area contributed by atoms with Gasteiger partial charge >= 0.3 is 0 Å². The summed E-state index contributed by atoms with van der Waals surface area (Å²) in [5.41, 5.74) is 1.97. The van der Waals surface area contributed by atoms with Gasteiger partial charge in [-0.1, -0.05) is 30.3 Å². The molecule has 0 bridgehead atoms. The highest BCUT2D eigenvalue weighted by atomic mass is 127. The zero-order valence-electron chi connectivity index (χ0n) is 16.2. The van der Waals surface area contributed by atoms with Gasteiger partial charge in [0.05, 0.1) is 5.56 Å². The number of nitrogens with zero attached hydrogens (tertiary/aromatic N) is 3. The second kappa shape index (κ2) is 11.6. The Bertz CT molecular complexity index is 754. The Hall–Kier alpha value is -2.16. The molecule has 0 spiro atoms. The number of guanidine groups is 1. The van der Waals surface area contributed by atoms with E-state index < -0.39 is 0 Å². The lowest BCUT2D eigenvalue weighted by Crippen LogP contribution is -2.43. The molecule has 1 fully saturated rings. The van der Waals surface area contributed by atoms with Crippen LogP contribution in [0.15, 0.2) is 59.9 Å². The van der Waals surface area contributed by atoms with E-state index in [2.05, 4.69) is 55.8 Å². The number of rotatable bonds is 6. The summed E-state index contributed by atoms with van der Waals surface area (Å²) < 4.78 is 0. The number of halogens is 1. The van der Waals surface area contributed by atoms with Crippen LogP contribution in [0.5, 0.6) is 0 Å². The van der Waals surface area contributed by atoms with Crippen molar-refractivity contribution in [2.45, 2.75) is 12.8 Å². The molecule has 2 N–H and O–H groups in total. The van der Waals surface area contributed by atoms with Gasteiger partial charge in [-0.05, 0) is 36.5 Å². The van der Waals surface area contributed by atoms with Gasteiger partial charge in [0.25, 0.3) is 5.91 Å². The van der Waals surface area contributed by atoms with Crippen molar-refractivity contribution < 1.29 is 4.79 Å². The summed E-state index contributed by atoms with van der Waals surface area (Å²) in [6.07, 6.45) is 5.51. The molecule has 7 heteroatoms. The first-order valence-corrected chi connectivity index (χ1v) is 9.44. The summed E-state index contributed by atoms with van der Waals surface area (Å²) in [6, 6.07) is 14.2. The summed E-state index contributed by atoms with van der Waals surface area (Å²) in [6.45, 7) is 3.20. The Morgan fingerprint density at radius 1 is 1.18 bits per heavy atom. The molecule has 1 aliphatic rings. The highest BCUT2D eigenvalue weighted by Gasteiger charge is 2.24. The summed E-state index contributed by atoms with van der Waals surface area (Å²) in [4.78, 5) is 22.7. The van der Waals surface area contributed by atoms with Gasteiger partial charge in [0.15, 0.2) is 5.96 Å². The molecule has 1 unspecified atom stereocenters. The molecule has 0 aliphatic carbocycles. The molecule has 1 aromatic carbocycles. The Labute approximate surface area is 183 Å². The predicted octanol–water partition coefficient (Wildman–Crippen LogP) is 2.57. The average molecular weight is 493 g/mol. The van der Waals surface area contributed by atoms with Crippen LogP contribution in [0.2, 0.25) is 0 Å². The van der Waals surface area contributed by atoms with Crippen LogP contribution in [0.4, 0.5) is 0 Å². The van der Waals surface area contributed by atoms with Gasteiger partial charge in [-0.3, -0.25) is 14.8 Å². The molecule has 1 saturated heterocycles. The first-order valence-electron chi connectivity index (χ1n) is 9.44. The van der Waals surface area contributed by atoms with E-state index >= 15 is 0 Å². The number of amides is 1. The van der Waals surface area contributed by atoms with Crippen molar-refractivity contribution in [3.8, 4) is 0 Å². The van der Waals surface area contributed by atoms with Crippen molar-refractivity contribution in [1.29, 1.82) is 0 Å². The lowest BCUT2D eigenvalue weighted by atomic mass is 9.99. The molecule has 2 heterocycles. The standard InChI is InChI=1S/C21H27N5O.HI/c1-22-21(25-12-11-24-20(27)19-8-5-10-23-15-19)26-13-9-18(16-26)14-17-6-3-2-4-7-17;/h2-8,10,15,18H,9,11-14,16H2,1H3,(H,22,25)(H,24,27);1H. The van der Waals surface area contributed by atoms with Gasteiger partial charge < -0.3 is 15.5 Å². The van der Waals surface area contributed by atoms with E-state index in [-0.39, 0.29) is 29.9 Å². The molecule has 150 valence electrons. The summed E-state index contributed by atoms with van der Waals surface area (Å²) in [7, 11) is 1.81. The minimum atomic E-state index is -0.107. The number of pyridine rings is 1. The highest BCUT2D eigenvalue weighted by molar-refractivity contribution is 14.0. The van der Waals surface area contributed by atoms with Crippen molar-refractivity contribution in [1.82, 2.24) is 20.5 Å². The first kappa shape index (κ1) is 22.1. The number of aliphatic imine (C=N–C) groups is 1. The Morgan fingerprint density at radius 2 is 1.96 bits per heavy atom. The Balaban J connectivity index is 0.00000280. The van der Waals surface area contributed by atoms with Crippen LogP contribution in [0.25, 0.3) is 0 Å². The van der Waals surface area contributed by atoms with Crippen molar-refractivity contribution >= 4 is 35.8 Å². The molecule has 1 aromatic heterocycles. The number of benzene rings is 1. The normalized spacial score (nSPS) is 16.4. The smallest absolute Gasteiger partial charge is 0.252 e. The van der Waals surface area contributed by atoms with E-state index in [0.29, 0.717) is 24.6 Å². The average Bonchev–Trinajstić information content (AvgIpc) is 3.17. The third-order valence-electron chi connectivity index (χ3n) is 4.78.